The maximum Gasteiger partial charge on any atom is 0.0462 e. The van der Waals surface area contributed by atoms with Gasteiger partial charge in [-0.3, -0.25) is 0 Å². The first kappa shape index (κ1) is 45.9. The molecule has 0 saturated heterocycles. The number of hydrogen-bond donors (Lipinski definition) is 1. The quantitative estimate of drug-likeness (QED) is 0.151. The van der Waals surface area contributed by atoms with E-state index in [4.69, 9.17) is 0 Å². The highest BCUT2D eigenvalue weighted by Crippen LogP contribution is 2.48. The maximum atomic E-state index is 3.87. The number of benzene rings is 4. The van der Waals surface area contributed by atoms with E-state index in [2.05, 4.69) is 250 Å². The van der Waals surface area contributed by atoms with Crippen molar-refractivity contribution < 1.29 is 0 Å². The van der Waals surface area contributed by atoms with Crippen LogP contribution >= 0.6 is 0 Å². The van der Waals surface area contributed by atoms with E-state index in [-0.39, 0.29) is 17.4 Å². The Morgan fingerprint density at radius 1 is 0.629 bits per heavy atom. The minimum Gasteiger partial charge on any atom is -0.359 e. The van der Waals surface area contributed by atoms with E-state index < -0.39 is 0 Å². The van der Waals surface area contributed by atoms with Crippen LogP contribution in [0.1, 0.15) is 86.5 Å². The molecule has 0 radical (unpaired) electrons. The highest BCUT2D eigenvalue weighted by molar-refractivity contribution is 5.75. The van der Waals surface area contributed by atoms with E-state index in [9.17, 15) is 0 Å². The molecule has 0 spiro atoms. The Morgan fingerprint density at radius 2 is 1.31 bits per heavy atom. The minimum atomic E-state index is 0.109. The molecule has 9 unspecified atom stereocenters. The van der Waals surface area contributed by atoms with Crippen LogP contribution < -0.4 is 20.0 Å². The number of nitrogens with zero attached hydrogens (tertiary/aromatic N) is 3. The number of allylic oxidation sites excluding steroid dienone is 17. The predicted molar refractivity (Wildman–Crippen MR) is 297 cm³/mol. The van der Waals surface area contributed by atoms with Gasteiger partial charge in [0.25, 0.3) is 0 Å². The van der Waals surface area contributed by atoms with Gasteiger partial charge < -0.3 is 20.0 Å². The van der Waals surface area contributed by atoms with E-state index in [1.807, 2.05) is 0 Å². The first-order valence-corrected chi connectivity index (χ1v) is 26.6. The lowest BCUT2D eigenvalue weighted by molar-refractivity contribution is 0.386. The lowest BCUT2D eigenvalue weighted by Gasteiger charge is -2.42. The minimum absolute atomic E-state index is 0.109. The van der Waals surface area contributed by atoms with Crippen LogP contribution in [0.25, 0.3) is 0 Å². The number of nitrogens with one attached hydrogen (secondary N) is 1. The molecule has 4 aromatic rings. The number of para-hydroxylation sites is 2. The van der Waals surface area contributed by atoms with Gasteiger partial charge in [0.15, 0.2) is 0 Å². The molecule has 4 nitrogen and oxygen atoms in total. The summed E-state index contributed by atoms with van der Waals surface area (Å²) < 4.78 is 0. The third kappa shape index (κ3) is 9.07. The number of fused-ring (bicyclic) bond motifs is 3. The van der Waals surface area contributed by atoms with Crippen molar-refractivity contribution in [3.8, 4) is 0 Å². The van der Waals surface area contributed by atoms with Gasteiger partial charge in [0, 0.05) is 80.2 Å². The summed E-state index contributed by atoms with van der Waals surface area (Å²) in [4.78, 5) is 7.68. The Bertz CT molecular complexity index is 2880. The Labute approximate surface area is 419 Å². The molecule has 70 heavy (non-hydrogen) atoms. The van der Waals surface area contributed by atoms with Crippen LogP contribution in [0.2, 0.25) is 0 Å². The number of rotatable bonds is 11. The summed E-state index contributed by atoms with van der Waals surface area (Å²) in [5, 5.41) is 3.87. The first-order valence-electron chi connectivity index (χ1n) is 26.6. The zero-order valence-corrected chi connectivity index (χ0v) is 42.3. The van der Waals surface area contributed by atoms with Crippen LogP contribution in [0.5, 0.6) is 0 Å². The van der Waals surface area contributed by atoms with Crippen molar-refractivity contribution in [2.45, 2.75) is 92.5 Å². The van der Waals surface area contributed by atoms with Gasteiger partial charge in [0.2, 0.25) is 0 Å². The molecule has 0 amide bonds. The van der Waals surface area contributed by atoms with Gasteiger partial charge >= 0.3 is 0 Å². The topological polar surface area (TPSA) is 21.8 Å². The second-order valence-electron chi connectivity index (χ2n) is 21.9. The third-order valence-electron chi connectivity index (χ3n) is 16.8. The Kier molecular flexibility index (Phi) is 12.7. The summed E-state index contributed by atoms with van der Waals surface area (Å²) in [5.74, 6) is 3.40. The molecular weight excluding hydrogens is 849 g/mol. The van der Waals surface area contributed by atoms with Crippen LogP contribution in [-0.2, 0) is 0 Å². The highest BCUT2D eigenvalue weighted by Gasteiger charge is 2.36. The standard InChI is InChI=1S/C66H72N4/c1-45-21-33-62-47(3)41-61(43-51(62)39-45)69(55-18-11-8-12-19-55)59-32-35-65(48(4)42-59)70(57-26-24-53(25-27-57)67-64-34-23-50-22-20-46(2)40-63(50)49(64)5)58-30-28-56(29-31-58)68(54-16-9-7-10-17-54)60-36-38-66(6)37-14-13-15-52(66)44-60/h7-12,14,16-31,33-34,36-37,41-49,62-63,65,67H,13,15,32,35,38-40H2,1-6H3. The number of hydrogen-bond acceptors (Lipinski definition) is 4. The zero-order chi connectivity index (χ0) is 47.9. The van der Waals surface area contributed by atoms with E-state index in [1.54, 1.807) is 5.57 Å². The predicted octanol–water partition coefficient (Wildman–Crippen LogP) is 17.5. The fraction of sp³-hybridized carbons (Fsp3) is 0.333. The smallest absolute Gasteiger partial charge is 0.0462 e. The van der Waals surface area contributed by atoms with Crippen LogP contribution in [0.3, 0.4) is 0 Å². The van der Waals surface area contributed by atoms with Crippen LogP contribution in [0, 0.1) is 46.8 Å². The van der Waals surface area contributed by atoms with Gasteiger partial charge in [-0.15, -0.1) is 0 Å². The summed E-state index contributed by atoms with van der Waals surface area (Å²) in [6.07, 6.45) is 39.2. The van der Waals surface area contributed by atoms with Crippen molar-refractivity contribution >= 4 is 34.1 Å². The molecule has 0 bridgehead atoms. The van der Waals surface area contributed by atoms with Crippen molar-refractivity contribution in [1.29, 1.82) is 0 Å². The first-order chi connectivity index (χ1) is 34.1. The summed E-state index contributed by atoms with van der Waals surface area (Å²) in [6, 6.07) is 41.0. The molecule has 356 valence electrons. The van der Waals surface area contributed by atoms with Gasteiger partial charge in [-0.05, 0) is 171 Å². The summed E-state index contributed by atoms with van der Waals surface area (Å²) in [7, 11) is 0. The zero-order valence-electron chi connectivity index (χ0n) is 42.3. The van der Waals surface area contributed by atoms with Crippen molar-refractivity contribution in [3.63, 3.8) is 0 Å². The van der Waals surface area contributed by atoms with Crippen LogP contribution in [0.4, 0.5) is 34.1 Å². The van der Waals surface area contributed by atoms with Gasteiger partial charge in [-0.2, -0.15) is 0 Å². The molecule has 7 aliphatic rings. The molecule has 0 saturated carbocycles. The molecule has 0 fully saturated rings. The average molecular weight is 921 g/mol. The van der Waals surface area contributed by atoms with Gasteiger partial charge in [0.05, 0.1) is 0 Å². The van der Waals surface area contributed by atoms with E-state index in [0.29, 0.717) is 35.5 Å². The normalized spacial score (nSPS) is 28.8. The fourth-order valence-electron chi connectivity index (χ4n) is 12.8. The third-order valence-corrected chi connectivity index (χ3v) is 16.8. The van der Waals surface area contributed by atoms with E-state index in [0.717, 1.165) is 44.2 Å². The lowest BCUT2D eigenvalue weighted by Crippen LogP contribution is -2.40. The monoisotopic (exact) mass is 921 g/mol. The number of anilines is 6. The highest BCUT2D eigenvalue weighted by atomic mass is 15.2. The van der Waals surface area contributed by atoms with E-state index >= 15 is 0 Å². The van der Waals surface area contributed by atoms with Crippen molar-refractivity contribution in [1.82, 2.24) is 0 Å². The van der Waals surface area contributed by atoms with E-state index in [1.165, 1.54) is 68.8 Å². The van der Waals surface area contributed by atoms with Crippen LogP contribution in [0.15, 0.2) is 228 Å². The molecule has 0 aliphatic heterocycles. The Morgan fingerprint density at radius 3 is 2.04 bits per heavy atom. The van der Waals surface area contributed by atoms with Crippen LogP contribution in [-0.4, -0.2) is 6.04 Å². The maximum absolute atomic E-state index is 3.87. The second kappa shape index (κ2) is 19.3. The molecule has 7 aliphatic carbocycles. The summed E-state index contributed by atoms with van der Waals surface area (Å²) >= 11 is 0. The average Bonchev–Trinajstić information content (AvgIpc) is 3.37. The molecule has 1 N–H and O–H groups in total. The Balaban J connectivity index is 0.939. The largest absolute Gasteiger partial charge is 0.359 e. The summed E-state index contributed by atoms with van der Waals surface area (Å²) in [6.45, 7) is 14.3. The van der Waals surface area contributed by atoms with Crippen molar-refractivity contribution in [3.05, 3.63) is 228 Å². The molecular formula is C66H72N4. The summed E-state index contributed by atoms with van der Waals surface area (Å²) in [5.41, 5.74) is 17.1. The molecule has 0 heterocycles. The Hall–Kier alpha value is -6.52. The lowest BCUT2D eigenvalue weighted by atomic mass is 9.71. The van der Waals surface area contributed by atoms with Crippen molar-refractivity contribution in [2.75, 3.05) is 20.0 Å². The molecule has 4 heteroatoms. The SMILES string of the molecule is CC1C=CC2C(=CC(N(C3=CC(C)C(N(c4ccc(NC5=CC=C6C=CC(C)CC6C5C)cc4)c4ccc(N(C5=CCC6(C)C=CCCC6=C5)c5ccccc5)cc4)CC3)c3ccccc3)=CC2C)C1. The van der Waals surface area contributed by atoms with Gasteiger partial charge in [-0.25, -0.2) is 0 Å². The second-order valence-corrected chi connectivity index (χ2v) is 21.9. The van der Waals surface area contributed by atoms with Crippen molar-refractivity contribution in [2.24, 2.45) is 46.8 Å². The molecule has 11 rings (SSSR count). The molecule has 4 aromatic carbocycles. The molecule has 0 aromatic heterocycles. The van der Waals surface area contributed by atoms with Gasteiger partial charge in [-0.1, -0.05) is 150 Å². The molecule has 9 atom stereocenters. The van der Waals surface area contributed by atoms with Gasteiger partial charge in [0.1, 0.15) is 0 Å². The fourth-order valence-corrected chi connectivity index (χ4v) is 12.8.